The molecule has 0 spiro atoms. The minimum Gasteiger partial charge on any atom is -0.478 e. The minimum absolute atomic E-state index is 0.0498. The van der Waals surface area contributed by atoms with Crippen LogP contribution in [0.1, 0.15) is 36.6 Å². The summed E-state index contributed by atoms with van der Waals surface area (Å²) in [6.07, 6.45) is 0. The molecule has 6 aromatic rings. The number of aryl methyl sites for hydroxylation is 1. The number of rotatable bonds is 7. The lowest BCUT2D eigenvalue weighted by molar-refractivity contribution is 0.0697. The third-order valence-electron chi connectivity index (χ3n) is 7.51. The van der Waals surface area contributed by atoms with Crippen molar-refractivity contribution in [2.75, 3.05) is 10.6 Å². The Balaban J connectivity index is 0.000000195. The highest BCUT2D eigenvalue weighted by Gasteiger charge is 2.15. The monoisotopic (exact) mass is 708 g/mol. The Morgan fingerprint density at radius 3 is 1.42 bits per heavy atom. The zero-order valence-corrected chi connectivity index (χ0v) is 27.9. The van der Waals surface area contributed by atoms with Crippen LogP contribution in [0.25, 0.3) is 22.3 Å². The predicted octanol–water partition coefficient (Wildman–Crippen LogP) is 10.8. The number of nitrogens with one attached hydrogen (secondary N) is 2. The Bertz CT molecular complexity index is 2190. The van der Waals surface area contributed by atoms with Crippen LogP contribution in [0.5, 0.6) is 0 Å². The molecule has 0 aliphatic carbocycles. The van der Waals surface area contributed by atoms with Crippen LogP contribution >= 0.6 is 23.2 Å². The topological polar surface area (TPSA) is 95.5 Å². The van der Waals surface area contributed by atoms with E-state index in [1.165, 1.54) is 42.5 Å². The second kappa shape index (κ2) is 16.0. The van der Waals surface area contributed by atoms with Gasteiger partial charge in [-0.25, -0.2) is 13.6 Å². The first-order chi connectivity index (χ1) is 24.0. The van der Waals surface area contributed by atoms with Crippen molar-refractivity contribution in [3.63, 3.8) is 0 Å². The third-order valence-corrected chi connectivity index (χ3v) is 7.98. The number of aromatic carboxylic acids is 1. The van der Waals surface area contributed by atoms with Gasteiger partial charge in [-0.05, 0) is 126 Å². The Kier molecular flexibility index (Phi) is 11.4. The van der Waals surface area contributed by atoms with Gasteiger partial charge in [-0.2, -0.15) is 0 Å². The van der Waals surface area contributed by atoms with Crippen LogP contribution in [-0.4, -0.2) is 22.9 Å². The fourth-order valence-corrected chi connectivity index (χ4v) is 5.26. The molecule has 0 saturated heterocycles. The van der Waals surface area contributed by atoms with E-state index in [1.807, 2.05) is 55.5 Å². The van der Waals surface area contributed by atoms with Crippen LogP contribution in [0, 0.1) is 18.6 Å². The summed E-state index contributed by atoms with van der Waals surface area (Å²) in [5, 5.41) is 16.0. The highest BCUT2D eigenvalue weighted by atomic mass is 35.5. The fourth-order valence-electron chi connectivity index (χ4n) is 4.88. The normalized spacial score (nSPS) is 10.4. The summed E-state index contributed by atoms with van der Waals surface area (Å²) >= 11 is 12.0. The maximum atomic E-state index is 13.0. The van der Waals surface area contributed by atoms with Crippen molar-refractivity contribution in [1.29, 1.82) is 0 Å². The van der Waals surface area contributed by atoms with Crippen molar-refractivity contribution in [1.82, 2.24) is 0 Å². The number of carboxylic acids is 1. The molecule has 6 aromatic carbocycles. The molecule has 0 fully saturated rings. The number of halogens is 4. The van der Waals surface area contributed by atoms with E-state index in [4.69, 9.17) is 23.2 Å². The van der Waals surface area contributed by atoms with Crippen molar-refractivity contribution >= 4 is 52.4 Å². The maximum Gasteiger partial charge on any atom is 0.337 e. The predicted molar refractivity (Wildman–Crippen MR) is 194 cm³/mol. The van der Waals surface area contributed by atoms with Gasteiger partial charge in [0.05, 0.1) is 11.3 Å². The van der Waals surface area contributed by atoms with Crippen molar-refractivity contribution in [2.45, 2.75) is 6.92 Å². The lowest BCUT2D eigenvalue weighted by Crippen LogP contribution is -2.15. The van der Waals surface area contributed by atoms with E-state index in [2.05, 4.69) is 10.6 Å². The van der Waals surface area contributed by atoms with Crippen LogP contribution in [-0.2, 0) is 0 Å². The highest BCUT2D eigenvalue weighted by molar-refractivity contribution is 6.31. The van der Waals surface area contributed by atoms with Crippen molar-refractivity contribution in [3.05, 3.63) is 177 Å². The second-order valence-electron chi connectivity index (χ2n) is 11.0. The SMILES string of the molecule is Cc1ccc(-c2cccc(Cl)c2)cc1NC(=O)c1ccc(F)cc1.O=C(Nc1cc(-c2cccc(Cl)c2)ccc1C(=O)O)c1ccc(F)cc1. The summed E-state index contributed by atoms with van der Waals surface area (Å²) in [4.78, 5) is 36.1. The molecule has 3 N–H and O–H groups in total. The molecule has 250 valence electrons. The average molecular weight is 710 g/mol. The molecular formula is C40H28Cl2F2N2O4. The first kappa shape index (κ1) is 35.5. The summed E-state index contributed by atoms with van der Waals surface area (Å²) in [5.74, 6) is -2.81. The summed E-state index contributed by atoms with van der Waals surface area (Å²) in [5.41, 5.74) is 5.78. The molecule has 0 heterocycles. The molecule has 6 rings (SSSR count). The van der Waals surface area contributed by atoms with Crippen LogP contribution in [0.15, 0.2) is 133 Å². The highest BCUT2D eigenvalue weighted by Crippen LogP contribution is 2.29. The number of amides is 2. The number of carboxylic acid groups (broad SMARTS) is 1. The van der Waals surface area contributed by atoms with E-state index in [-0.39, 0.29) is 28.5 Å². The van der Waals surface area contributed by atoms with Crippen LogP contribution in [0.3, 0.4) is 0 Å². The molecule has 0 saturated carbocycles. The van der Waals surface area contributed by atoms with E-state index < -0.39 is 17.7 Å². The lowest BCUT2D eigenvalue weighted by atomic mass is 10.0. The zero-order chi connectivity index (χ0) is 35.8. The molecule has 0 unspecified atom stereocenters. The molecule has 2 amide bonds. The molecular weight excluding hydrogens is 681 g/mol. The number of benzene rings is 6. The molecule has 6 nitrogen and oxygen atoms in total. The zero-order valence-electron chi connectivity index (χ0n) is 26.4. The maximum absolute atomic E-state index is 13.0. The number of hydrogen-bond donors (Lipinski definition) is 3. The minimum atomic E-state index is -1.17. The fraction of sp³-hybridized carbons (Fsp3) is 0.0250. The van der Waals surface area contributed by atoms with Gasteiger partial charge in [0.15, 0.2) is 0 Å². The van der Waals surface area contributed by atoms with Gasteiger partial charge >= 0.3 is 5.97 Å². The first-order valence-corrected chi connectivity index (χ1v) is 15.9. The van der Waals surface area contributed by atoms with Crippen molar-refractivity contribution in [3.8, 4) is 22.3 Å². The Morgan fingerprint density at radius 2 is 0.960 bits per heavy atom. The van der Waals surface area contributed by atoms with Gasteiger partial charge in [-0.3, -0.25) is 9.59 Å². The standard InChI is InChI=1S/C20H13ClFNO3.C20H15ClFNO/c21-15-3-1-2-13(10-15)14-6-9-17(20(25)26)18(11-14)23-19(24)12-4-7-16(22)8-5-12;1-13-5-6-16(15-3-2-4-17(21)11-15)12-19(13)23-20(24)14-7-9-18(22)10-8-14/h1-11H,(H,23,24)(H,25,26);2-12H,1H3,(H,23,24). The first-order valence-electron chi connectivity index (χ1n) is 15.1. The Labute approximate surface area is 296 Å². The third kappa shape index (κ3) is 9.19. The molecule has 0 aromatic heterocycles. The van der Waals surface area contributed by atoms with Gasteiger partial charge in [-0.1, -0.05) is 65.7 Å². The second-order valence-corrected chi connectivity index (χ2v) is 11.9. The number of carbonyl (C=O) groups excluding carboxylic acids is 2. The molecule has 0 atom stereocenters. The van der Waals surface area contributed by atoms with E-state index in [0.29, 0.717) is 26.9 Å². The van der Waals surface area contributed by atoms with E-state index in [1.54, 1.807) is 30.3 Å². The number of hydrogen-bond acceptors (Lipinski definition) is 3. The summed E-state index contributed by atoms with van der Waals surface area (Å²) in [7, 11) is 0. The molecule has 0 aliphatic heterocycles. The largest absolute Gasteiger partial charge is 0.478 e. The van der Waals surface area contributed by atoms with E-state index in [9.17, 15) is 28.3 Å². The quantitative estimate of drug-likeness (QED) is 0.154. The number of carbonyl (C=O) groups is 3. The molecule has 0 aliphatic rings. The summed E-state index contributed by atoms with van der Waals surface area (Å²) in [6, 6.07) is 35.5. The van der Waals surface area contributed by atoms with Crippen LogP contribution in [0.2, 0.25) is 10.0 Å². The Morgan fingerprint density at radius 1 is 0.540 bits per heavy atom. The van der Waals surface area contributed by atoms with E-state index >= 15 is 0 Å². The van der Waals surface area contributed by atoms with Crippen LogP contribution in [0.4, 0.5) is 20.2 Å². The van der Waals surface area contributed by atoms with Crippen LogP contribution < -0.4 is 10.6 Å². The Hall–Kier alpha value is -5.83. The summed E-state index contributed by atoms with van der Waals surface area (Å²) in [6.45, 7) is 1.92. The molecule has 50 heavy (non-hydrogen) atoms. The van der Waals surface area contributed by atoms with Gasteiger partial charge in [0.25, 0.3) is 11.8 Å². The van der Waals surface area contributed by atoms with Crippen molar-refractivity contribution < 1.29 is 28.3 Å². The smallest absolute Gasteiger partial charge is 0.337 e. The molecule has 0 radical (unpaired) electrons. The lowest BCUT2D eigenvalue weighted by Gasteiger charge is -2.11. The van der Waals surface area contributed by atoms with E-state index in [0.717, 1.165) is 34.4 Å². The van der Waals surface area contributed by atoms with Gasteiger partial charge < -0.3 is 15.7 Å². The summed E-state index contributed by atoms with van der Waals surface area (Å²) < 4.78 is 26.0. The van der Waals surface area contributed by atoms with Gasteiger partial charge in [0, 0.05) is 26.9 Å². The van der Waals surface area contributed by atoms with Crippen molar-refractivity contribution in [2.24, 2.45) is 0 Å². The molecule has 10 heteroatoms. The van der Waals surface area contributed by atoms with Gasteiger partial charge in [0.1, 0.15) is 11.6 Å². The molecule has 0 bridgehead atoms. The van der Waals surface area contributed by atoms with Gasteiger partial charge in [-0.15, -0.1) is 0 Å². The number of anilines is 2. The average Bonchev–Trinajstić information content (AvgIpc) is 3.10. The van der Waals surface area contributed by atoms with Gasteiger partial charge in [0.2, 0.25) is 0 Å².